The molecule has 322 valence electrons. The van der Waals surface area contributed by atoms with Crippen LogP contribution in [-0.4, -0.2) is 37.0 Å². The molecule has 10 heteroatoms. The predicted molar refractivity (Wildman–Crippen MR) is 234 cm³/mol. The normalized spacial score (nSPS) is 11.8. The summed E-state index contributed by atoms with van der Waals surface area (Å²) in [5.74, 6) is -2.64. The summed E-state index contributed by atoms with van der Waals surface area (Å²) in [5, 5.41) is 0. The fourth-order valence-corrected chi connectivity index (χ4v) is 7.37. The van der Waals surface area contributed by atoms with Crippen molar-refractivity contribution in [1.82, 2.24) is 0 Å². The number of nitrogens with zero attached hydrogens (tertiary/aromatic N) is 1. The number of hydrogen-bond acceptors (Lipinski definition) is 9. The predicted octanol–water partition coefficient (Wildman–Crippen LogP) is 14.1. The lowest BCUT2D eigenvalue weighted by molar-refractivity contribution is -0.144. The molecule has 0 atom stereocenters. The molecular weight excluding hydrogens is 737 g/mol. The molecule has 0 fully saturated rings. The average molecular weight is 814 g/mol. The van der Waals surface area contributed by atoms with Crippen LogP contribution < -0.4 is 0 Å². The molecule has 1 rings (SSSR count). The monoisotopic (exact) mass is 814 g/mol. The molecule has 0 unspecified atom stereocenters. The highest BCUT2D eigenvalue weighted by molar-refractivity contribution is 7.50. The van der Waals surface area contributed by atoms with Gasteiger partial charge in [0.25, 0.3) is 0 Å². The van der Waals surface area contributed by atoms with Gasteiger partial charge in [-0.3, -0.25) is 24.2 Å². The molecular formula is C47H76NO8P. The number of phosphoric acid groups is 1. The summed E-state index contributed by atoms with van der Waals surface area (Å²) in [4.78, 5) is 53.0. The number of carbonyl (C=O) groups is 4. The second kappa shape index (κ2) is 37.0. The first-order chi connectivity index (χ1) is 27.8. The summed E-state index contributed by atoms with van der Waals surface area (Å²) in [6, 6.07) is 6.72. The zero-order valence-electron chi connectivity index (χ0n) is 35.6. The molecule has 0 bridgehead atoms. The third-order valence-corrected chi connectivity index (χ3v) is 11.0. The van der Waals surface area contributed by atoms with Crippen LogP contribution in [0.2, 0.25) is 0 Å². The molecule has 0 radical (unpaired) electrons. The molecule has 0 aliphatic rings. The van der Waals surface area contributed by atoms with E-state index in [0.717, 1.165) is 88.9 Å². The molecule has 1 aromatic rings. The molecule has 0 amide bonds. The smallest absolute Gasteiger partial charge is 0.352 e. The van der Waals surface area contributed by atoms with Gasteiger partial charge in [-0.25, -0.2) is 0 Å². The van der Waals surface area contributed by atoms with Crippen LogP contribution in [0.4, 0.5) is 0 Å². The first-order valence-corrected chi connectivity index (χ1v) is 23.9. The molecule has 0 spiro atoms. The van der Waals surface area contributed by atoms with Crippen molar-refractivity contribution in [3.8, 4) is 0 Å². The van der Waals surface area contributed by atoms with Crippen molar-refractivity contribution >= 4 is 38.2 Å². The Hall–Kier alpha value is -3.32. The summed E-state index contributed by atoms with van der Waals surface area (Å²) < 4.78 is 28.6. The van der Waals surface area contributed by atoms with Crippen molar-refractivity contribution in [2.24, 2.45) is 4.99 Å². The Balaban J connectivity index is 2.44. The highest BCUT2D eigenvalue weighted by Crippen LogP contribution is 2.51. The number of carbonyl (C=O) groups excluding carboxylic acids is 4. The van der Waals surface area contributed by atoms with E-state index in [1.165, 1.54) is 83.3 Å². The van der Waals surface area contributed by atoms with Crippen molar-refractivity contribution < 1.29 is 37.3 Å². The van der Waals surface area contributed by atoms with Gasteiger partial charge in [0.15, 0.2) is 0 Å². The minimum atomic E-state index is -4.83. The second-order valence-electron chi connectivity index (χ2n) is 15.1. The Morgan fingerprint density at radius 2 is 0.825 bits per heavy atom. The van der Waals surface area contributed by atoms with E-state index in [1.807, 2.05) is 0 Å². The van der Waals surface area contributed by atoms with Gasteiger partial charge in [-0.05, 0) is 69.8 Å². The maximum absolute atomic E-state index is 13.5. The molecule has 0 aromatic heterocycles. The van der Waals surface area contributed by atoms with Crippen LogP contribution in [0.15, 0.2) is 53.6 Å². The van der Waals surface area contributed by atoms with Gasteiger partial charge in [-0.15, -0.1) is 0 Å². The van der Waals surface area contributed by atoms with Crippen LogP contribution in [0.1, 0.15) is 216 Å². The highest BCUT2D eigenvalue weighted by Gasteiger charge is 2.39. The summed E-state index contributed by atoms with van der Waals surface area (Å²) in [6.07, 6.45) is 40.0. The van der Waals surface area contributed by atoms with Gasteiger partial charge in [0.1, 0.15) is 6.29 Å². The fraction of sp³-hybridized carbons (Fsp3) is 0.681. The fourth-order valence-electron chi connectivity index (χ4n) is 6.23. The molecule has 0 aliphatic heterocycles. The molecule has 0 saturated heterocycles. The quantitative estimate of drug-likeness (QED) is 0.0212. The number of hydrogen-bond donors (Lipinski definition) is 0. The van der Waals surface area contributed by atoms with Gasteiger partial charge in [0, 0.05) is 31.2 Å². The number of unbranched alkanes of at least 4 members (excludes halogenated alkanes) is 22. The lowest BCUT2D eigenvalue weighted by Crippen LogP contribution is -2.14. The Labute approximate surface area is 345 Å². The van der Waals surface area contributed by atoms with Crippen LogP contribution in [0.25, 0.3) is 0 Å². The largest absolute Gasteiger partial charge is 0.653 e. The lowest BCUT2D eigenvalue weighted by atomic mass is 10.1. The van der Waals surface area contributed by atoms with Crippen molar-refractivity contribution in [2.75, 3.05) is 6.54 Å². The minimum absolute atomic E-state index is 0.00000925. The standard InChI is InChI=1S/C47H76NO8P/c1-3-5-7-9-11-13-15-17-19-21-23-25-27-29-31-33-45(50)54-57(53,56-47(52)39-40-48-41-43-35-37-44(42-49)38-36-43)55-46(51)34-32-30-28-26-24-22-20-18-16-14-12-10-8-6-4-2/h17-20,35-38,41-42H,3-16,21-34,39-40H2,1-2H3/b19-17-,20-18-,48-41-. The van der Waals surface area contributed by atoms with E-state index in [9.17, 15) is 23.7 Å². The van der Waals surface area contributed by atoms with Crippen LogP contribution in [0.3, 0.4) is 0 Å². The highest BCUT2D eigenvalue weighted by atomic mass is 31.2. The van der Waals surface area contributed by atoms with Crippen molar-refractivity contribution in [2.45, 2.75) is 200 Å². The summed E-state index contributed by atoms with van der Waals surface area (Å²) >= 11 is 0. The zero-order valence-corrected chi connectivity index (χ0v) is 36.5. The molecule has 9 nitrogen and oxygen atoms in total. The molecule has 0 heterocycles. The number of phosphoric ester groups is 1. The topological polar surface area (TPSA) is 125 Å². The van der Waals surface area contributed by atoms with E-state index in [0.29, 0.717) is 18.4 Å². The zero-order chi connectivity index (χ0) is 41.5. The average Bonchev–Trinajstić information content (AvgIpc) is 3.19. The Bertz CT molecular complexity index is 1260. The van der Waals surface area contributed by atoms with E-state index < -0.39 is 25.7 Å². The molecule has 1 aromatic carbocycles. The van der Waals surface area contributed by atoms with Gasteiger partial charge in [0.2, 0.25) is 0 Å². The number of benzene rings is 1. The van der Waals surface area contributed by atoms with E-state index in [4.69, 9.17) is 13.6 Å². The SMILES string of the molecule is CCCCCCCC/C=C\CCCCCCCC(=O)OP(=O)(OC(=O)CCCCCCC/C=C\CCCCCCCC)OC(=O)CC/N=C\c1ccc(C=O)cc1. The third kappa shape index (κ3) is 32.3. The number of rotatable bonds is 38. The second-order valence-corrected chi connectivity index (χ2v) is 16.5. The van der Waals surface area contributed by atoms with Crippen molar-refractivity contribution in [1.29, 1.82) is 0 Å². The maximum Gasteiger partial charge on any atom is 0.653 e. The van der Waals surface area contributed by atoms with E-state index >= 15 is 0 Å². The van der Waals surface area contributed by atoms with Crippen molar-refractivity contribution in [3.05, 3.63) is 59.7 Å². The summed E-state index contributed by atoms with van der Waals surface area (Å²) in [7, 11) is -4.83. The van der Waals surface area contributed by atoms with Gasteiger partial charge in [-0.1, -0.05) is 165 Å². The first kappa shape index (κ1) is 51.7. The lowest BCUT2D eigenvalue weighted by Gasteiger charge is -2.16. The van der Waals surface area contributed by atoms with Crippen LogP contribution >= 0.6 is 7.82 Å². The van der Waals surface area contributed by atoms with E-state index in [-0.39, 0.29) is 25.8 Å². The van der Waals surface area contributed by atoms with E-state index in [2.05, 4.69) is 43.1 Å². The number of allylic oxidation sites excluding steroid dienone is 4. The van der Waals surface area contributed by atoms with Gasteiger partial charge >= 0.3 is 25.7 Å². The summed E-state index contributed by atoms with van der Waals surface area (Å²) in [6.45, 7) is 4.47. The van der Waals surface area contributed by atoms with Gasteiger partial charge in [0.05, 0.1) is 6.42 Å². The Morgan fingerprint density at radius 1 is 0.491 bits per heavy atom. The van der Waals surface area contributed by atoms with Crippen LogP contribution in [-0.2, 0) is 32.5 Å². The maximum atomic E-state index is 13.5. The Morgan fingerprint density at radius 3 is 1.21 bits per heavy atom. The number of aldehydes is 1. The number of aliphatic imine (C=N–C) groups is 1. The summed E-state index contributed by atoms with van der Waals surface area (Å²) in [5.41, 5.74) is 1.26. The molecule has 57 heavy (non-hydrogen) atoms. The van der Waals surface area contributed by atoms with E-state index in [1.54, 1.807) is 24.3 Å². The van der Waals surface area contributed by atoms with Gasteiger partial charge in [-0.2, -0.15) is 4.57 Å². The Kier molecular flexibility index (Phi) is 33.5. The van der Waals surface area contributed by atoms with Crippen molar-refractivity contribution in [3.63, 3.8) is 0 Å². The first-order valence-electron chi connectivity index (χ1n) is 22.4. The molecule has 0 N–H and O–H groups in total. The molecule has 0 aliphatic carbocycles. The van der Waals surface area contributed by atoms with Crippen LogP contribution in [0.5, 0.6) is 0 Å². The third-order valence-electron chi connectivity index (χ3n) is 9.68. The van der Waals surface area contributed by atoms with Crippen LogP contribution in [0, 0.1) is 0 Å². The minimum Gasteiger partial charge on any atom is -0.352 e. The molecule has 0 saturated carbocycles. The van der Waals surface area contributed by atoms with Gasteiger partial charge < -0.3 is 13.6 Å².